The van der Waals surface area contributed by atoms with Crippen molar-refractivity contribution in [3.8, 4) is 5.75 Å². The molecule has 0 spiro atoms. The van der Waals surface area contributed by atoms with Gasteiger partial charge in [0.25, 0.3) is 10.0 Å². The van der Waals surface area contributed by atoms with Gasteiger partial charge < -0.3 is 9.84 Å². The lowest BCUT2D eigenvalue weighted by Crippen LogP contribution is -2.14. The quantitative estimate of drug-likeness (QED) is 0.673. The maximum Gasteiger partial charge on any atom is 0.261 e. The number of ether oxygens (including phenoxy) is 1. The molecule has 9 heteroatoms. The van der Waals surface area contributed by atoms with E-state index < -0.39 is 26.5 Å². The van der Waals surface area contributed by atoms with Gasteiger partial charge in [0.2, 0.25) is 0 Å². The van der Waals surface area contributed by atoms with Gasteiger partial charge in [-0.25, -0.2) is 16.8 Å². The number of hydrogen-bond acceptors (Lipinski definition) is 6. The van der Waals surface area contributed by atoms with Crippen molar-refractivity contribution in [2.75, 3.05) is 17.1 Å². The molecule has 3 rings (SSSR count). The highest BCUT2D eigenvalue weighted by Crippen LogP contribution is 2.25. The molecule has 1 saturated carbocycles. The van der Waals surface area contributed by atoms with Crippen LogP contribution >= 0.6 is 0 Å². The number of sulfone groups is 1. The van der Waals surface area contributed by atoms with Gasteiger partial charge in [-0.1, -0.05) is 0 Å². The monoisotopic (exact) mass is 425 g/mol. The van der Waals surface area contributed by atoms with Crippen molar-refractivity contribution in [2.24, 2.45) is 0 Å². The Labute approximate surface area is 165 Å². The van der Waals surface area contributed by atoms with E-state index >= 15 is 0 Å². The van der Waals surface area contributed by atoms with Crippen LogP contribution in [0, 0.1) is 0 Å². The third kappa shape index (κ3) is 5.03. The summed E-state index contributed by atoms with van der Waals surface area (Å²) in [7, 11) is -7.39. The van der Waals surface area contributed by atoms with E-state index in [9.17, 15) is 16.8 Å². The number of aliphatic hydroxyl groups is 1. The maximum absolute atomic E-state index is 12.5. The van der Waals surface area contributed by atoms with E-state index in [2.05, 4.69) is 4.72 Å². The Morgan fingerprint density at radius 1 is 0.893 bits per heavy atom. The summed E-state index contributed by atoms with van der Waals surface area (Å²) in [6.07, 6.45) is 4.54. The average molecular weight is 426 g/mol. The third-order valence-electron chi connectivity index (χ3n) is 4.56. The number of anilines is 1. The predicted octanol–water partition coefficient (Wildman–Crippen LogP) is 2.57. The second-order valence-corrected chi connectivity index (χ2v) is 10.5. The van der Waals surface area contributed by atoms with E-state index in [0.29, 0.717) is 5.75 Å². The van der Waals surface area contributed by atoms with Crippen LogP contribution in [0.15, 0.2) is 58.3 Å². The lowest BCUT2D eigenvalue weighted by atomic mass is 10.3. The lowest BCUT2D eigenvalue weighted by molar-refractivity contribution is 0.210. The summed E-state index contributed by atoms with van der Waals surface area (Å²) in [4.78, 5) is 0.112. The summed E-state index contributed by atoms with van der Waals surface area (Å²) in [6, 6.07) is 11.6. The predicted molar refractivity (Wildman–Crippen MR) is 106 cm³/mol. The maximum atomic E-state index is 12.5. The van der Waals surface area contributed by atoms with Gasteiger partial charge in [0, 0.05) is 5.69 Å². The molecule has 2 aromatic carbocycles. The summed E-state index contributed by atoms with van der Waals surface area (Å²) >= 11 is 0. The molecule has 0 atom stereocenters. The normalized spacial score (nSPS) is 15.5. The number of rotatable bonds is 8. The van der Waals surface area contributed by atoms with Crippen molar-refractivity contribution in [1.82, 2.24) is 0 Å². The summed E-state index contributed by atoms with van der Waals surface area (Å²) in [5.74, 6) is 0.261. The molecule has 152 valence electrons. The molecule has 0 amide bonds. The van der Waals surface area contributed by atoms with Crippen LogP contribution in [0.4, 0.5) is 5.69 Å². The number of sulfonamides is 1. The van der Waals surface area contributed by atoms with Crippen LogP contribution < -0.4 is 9.46 Å². The Kier molecular flexibility index (Phi) is 6.26. The van der Waals surface area contributed by atoms with E-state index in [-0.39, 0.29) is 27.3 Å². The van der Waals surface area contributed by atoms with Gasteiger partial charge in [0.05, 0.1) is 28.3 Å². The smallest absolute Gasteiger partial charge is 0.261 e. The Hall–Kier alpha value is -2.10. The molecule has 2 N–H and O–H groups in total. The van der Waals surface area contributed by atoms with Gasteiger partial charge >= 0.3 is 0 Å². The molecule has 7 nitrogen and oxygen atoms in total. The molecule has 1 aliphatic rings. The zero-order valence-corrected chi connectivity index (χ0v) is 16.9. The molecule has 0 aliphatic heterocycles. The first-order valence-corrected chi connectivity index (χ1v) is 12.2. The van der Waals surface area contributed by atoms with Crippen molar-refractivity contribution >= 4 is 25.5 Å². The fourth-order valence-electron chi connectivity index (χ4n) is 3.08. The summed E-state index contributed by atoms with van der Waals surface area (Å²) < 4.78 is 57.1. The minimum Gasteiger partial charge on any atom is -0.490 e. The molecule has 1 fully saturated rings. The summed E-state index contributed by atoms with van der Waals surface area (Å²) in [5, 5.41) is 8.82. The van der Waals surface area contributed by atoms with Gasteiger partial charge in [-0.2, -0.15) is 0 Å². The highest BCUT2D eigenvalue weighted by molar-refractivity contribution is 7.92. The van der Waals surface area contributed by atoms with Crippen LogP contribution in [0.2, 0.25) is 0 Å². The van der Waals surface area contributed by atoms with Crippen LogP contribution in [-0.2, 0) is 19.9 Å². The molecular weight excluding hydrogens is 402 g/mol. The third-order valence-corrected chi connectivity index (χ3v) is 7.67. The number of benzene rings is 2. The van der Waals surface area contributed by atoms with Crippen LogP contribution in [0.25, 0.3) is 0 Å². The van der Waals surface area contributed by atoms with E-state index in [1.54, 1.807) is 12.1 Å². The second-order valence-electron chi connectivity index (χ2n) is 6.67. The van der Waals surface area contributed by atoms with E-state index in [1.807, 2.05) is 0 Å². The highest BCUT2D eigenvalue weighted by atomic mass is 32.2. The van der Waals surface area contributed by atoms with Crippen LogP contribution in [-0.4, -0.2) is 40.4 Å². The van der Waals surface area contributed by atoms with Gasteiger partial charge in [-0.05, 0) is 74.2 Å². The zero-order valence-electron chi connectivity index (χ0n) is 15.2. The minimum atomic E-state index is -3.81. The first-order chi connectivity index (χ1) is 13.3. The average Bonchev–Trinajstić information content (AvgIpc) is 3.15. The van der Waals surface area contributed by atoms with E-state index in [0.717, 1.165) is 25.7 Å². The molecule has 2 aromatic rings. The minimum absolute atomic E-state index is 0.0258. The molecule has 0 aromatic heterocycles. The molecule has 0 bridgehead atoms. The molecule has 28 heavy (non-hydrogen) atoms. The molecule has 0 radical (unpaired) electrons. The second kappa shape index (κ2) is 8.50. The van der Waals surface area contributed by atoms with Crippen molar-refractivity contribution in [2.45, 2.75) is 41.6 Å². The molecule has 0 heterocycles. The standard InChI is InChI=1S/C19H23NO6S2/c21-13-14-27(22,23)18-9-5-15(6-10-18)20-28(24,25)19-11-7-17(8-12-19)26-16-3-1-2-4-16/h5-12,16,20-21H,1-4,13-14H2. The van der Waals surface area contributed by atoms with Gasteiger partial charge in [0.1, 0.15) is 5.75 Å². The Morgan fingerprint density at radius 2 is 1.46 bits per heavy atom. The molecule has 0 saturated heterocycles. The number of hydrogen-bond donors (Lipinski definition) is 2. The van der Waals surface area contributed by atoms with Gasteiger partial charge in [-0.15, -0.1) is 0 Å². The van der Waals surface area contributed by atoms with Crippen molar-refractivity contribution in [3.05, 3.63) is 48.5 Å². The van der Waals surface area contributed by atoms with Crippen LogP contribution in [0.1, 0.15) is 25.7 Å². The van der Waals surface area contributed by atoms with Gasteiger partial charge in [-0.3, -0.25) is 4.72 Å². The Balaban J connectivity index is 1.69. The first kappa shape index (κ1) is 20.6. The number of nitrogens with one attached hydrogen (secondary N) is 1. The fourth-order valence-corrected chi connectivity index (χ4v) is 5.16. The summed E-state index contributed by atoms with van der Waals surface area (Å²) in [5.41, 5.74) is 0.245. The number of aliphatic hydroxyl groups excluding tert-OH is 1. The van der Waals surface area contributed by atoms with Gasteiger partial charge in [0.15, 0.2) is 9.84 Å². The fraction of sp³-hybridized carbons (Fsp3) is 0.368. The van der Waals surface area contributed by atoms with Crippen molar-refractivity contribution < 1.29 is 26.7 Å². The van der Waals surface area contributed by atoms with Crippen molar-refractivity contribution in [1.29, 1.82) is 0 Å². The molecule has 0 unspecified atom stereocenters. The first-order valence-electron chi connectivity index (χ1n) is 9.03. The zero-order chi connectivity index (χ0) is 20.2. The SMILES string of the molecule is O=S(=O)(CCO)c1ccc(NS(=O)(=O)c2ccc(OC3CCCC3)cc2)cc1. The molecular formula is C19H23NO6S2. The Bertz CT molecular complexity index is 993. The van der Waals surface area contributed by atoms with E-state index in [1.165, 1.54) is 36.4 Å². The lowest BCUT2D eigenvalue weighted by Gasteiger charge is -2.14. The summed E-state index contributed by atoms with van der Waals surface area (Å²) in [6.45, 7) is -0.475. The van der Waals surface area contributed by atoms with E-state index in [4.69, 9.17) is 9.84 Å². The van der Waals surface area contributed by atoms with Crippen LogP contribution in [0.3, 0.4) is 0 Å². The molecule has 1 aliphatic carbocycles. The topological polar surface area (TPSA) is 110 Å². The van der Waals surface area contributed by atoms with Crippen LogP contribution in [0.5, 0.6) is 5.75 Å². The largest absolute Gasteiger partial charge is 0.490 e. The highest BCUT2D eigenvalue weighted by Gasteiger charge is 2.19. The van der Waals surface area contributed by atoms with Crippen molar-refractivity contribution in [3.63, 3.8) is 0 Å². The Morgan fingerprint density at radius 3 is 2.04 bits per heavy atom.